The van der Waals surface area contributed by atoms with Crippen molar-refractivity contribution in [2.24, 2.45) is 0 Å². The second-order valence-corrected chi connectivity index (χ2v) is 4.57. The maximum Gasteiger partial charge on any atom is 0.0673 e. The Hall–Kier alpha value is 0.270. The SMILES string of the molecule is CC1CN(CCCCCS)CCCO1. The van der Waals surface area contributed by atoms with Gasteiger partial charge < -0.3 is 9.64 Å². The molecule has 0 aliphatic carbocycles. The van der Waals surface area contributed by atoms with Crippen LogP contribution in [0.15, 0.2) is 0 Å². The third-order valence-corrected chi connectivity index (χ3v) is 2.99. The lowest BCUT2D eigenvalue weighted by atomic mass is 10.2. The normalized spacial score (nSPS) is 24.9. The van der Waals surface area contributed by atoms with Gasteiger partial charge in [-0.05, 0) is 38.5 Å². The summed E-state index contributed by atoms with van der Waals surface area (Å²) in [6, 6.07) is 0. The molecule has 0 spiro atoms. The van der Waals surface area contributed by atoms with E-state index in [0.29, 0.717) is 6.10 Å². The Morgan fingerprint density at radius 2 is 2.21 bits per heavy atom. The van der Waals surface area contributed by atoms with Crippen molar-refractivity contribution < 1.29 is 4.74 Å². The summed E-state index contributed by atoms with van der Waals surface area (Å²) in [4.78, 5) is 2.54. The number of ether oxygens (including phenoxy) is 1. The molecule has 84 valence electrons. The highest BCUT2D eigenvalue weighted by Gasteiger charge is 2.13. The predicted molar refractivity (Wildman–Crippen MR) is 64.2 cm³/mol. The lowest BCUT2D eigenvalue weighted by Gasteiger charge is -2.21. The van der Waals surface area contributed by atoms with Gasteiger partial charge in [-0.25, -0.2) is 0 Å². The number of unbranched alkanes of at least 4 members (excludes halogenated alkanes) is 2. The number of nitrogens with zero attached hydrogens (tertiary/aromatic N) is 1. The van der Waals surface area contributed by atoms with Gasteiger partial charge in [0, 0.05) is 19.7 Å². The zero-order chi connectivity index (χ0) is 10.2. The van der Waals surface area contributed by atoms with E-state index in [9.17, 15) is 0 Å². The van der Waals surface area contributed by atoms with Gasteiger partial charge in [-0.3, -0.25) is 0 Å². The van der Waals surface area contributed by atoms with Crippen molar-refractivity contribution >= 4 is 12.6 Å². The van der Waals surface area contributed by atoms with Crippen LogP contribution in [-0.4, -0.2) is 43.0 Å². The van der Waals surface area contributed by atoms with Crippen molar-refractivity contribution in [3.63, 3.8) is 0 Å². The van der Waals surface area contributed by atoms with Crippen LogP contribution >= 0.6 is 12.6 Å². The minimum absolute atomic E-state index is 0.419. The van der Waals surface area contributed by atoms with Gasteiger partial charge in [0.1, 0.15) is 0 Å². The van der Waals surface area contributed by atoms with E-state index in [4.69, 9.17) is 4.74 Å². The van der Waals surface area contributed by atoms with E-state index in [-0.39, 0.29) is 0 Å². The van der Waals surface area contributed by atoms with Gasteiger partial charge in [0.05, 0.1) is 6.10 Å². The summed E-state index contributed by atoms with van der Waals surface area (Å²) in [7, 11) is 0. The summed E-state index contributed by atoms with van der Waals surface area (Å²) in [5.74, 6) is 1.03. The number of hydrogen-bond acceptors (Lipinski definition) is 3. The van der Waals surface area contributed by atoms with E-state index >= 15 is 0 Å². The molecule has 1 fully saturated rings. The Morgan fingerprint density at radius 1 is 1.36 bits per heavy atom. The first-order valence-electron chi connectivity index (χ1n) is 5.77. The molecule has 1 heterocycles. The molecule has 0 aromatic carbocycles. The zero-order valence-corrected chi connectivity index (χ0v) is 10.1. The lowest BCUT2D eigenvalue weighted by Crippen LogP contribution is -2.31. The van der Waals surface area contributed by atoms with Crippen LogP contribution in [-0.2, 0) is 4.74 Å². The first-order valence-corrected chi connectivity index (χ1v) is 6.41. The van der Waals surface area contributed by atoms with Crippen molar-refractivity contribution in [3.8, 4) is 0 Å². The standard InChI is InChI=1S/C11H23NOS/c1-11-10-12(7-5-8-13-11)6-3-2-4-9-14/h11,14H,2-10H2,1H3. The second-order valence-electron chi connectivity index (χ2n) is 4.12. The fraction of sp³-hybridized carbons (Fsp3) is 1.00. The van der Waals surface area contributed by atoms with Gasteiger partial charge in [-0.2, -0.15) is 12.6 Å². The van der Waals surface area contributed by atoms with Crippen molar-refractivity contribution in [1.82, 2.24) is 4.90 Å². The van der Waals surface area contributed by atoms with E-state index in [2.05, 4.69) is 24.5 Å². The summed E-state index contributed by atoms with van der Waals surface area (Å²) in [5.41, 5.74) is 0. The minimum Gasteiger partial charge on any atom is -0.377 e. The summed E-state index contributed by atoms with van der Waals surface area (Å²) >= 11 is 4.22. The Balaban J connectivity index is 2.09. The van der Waals surface area contributed by atoms with E-state index in [1.54, 1.807) is 0 Å². The van der Waals surface area contributed by atoms with Gasteiger partial charge in [0.25, 0.3) is 0 Å². The Labute approximate surface area is 93.4 Å². The third-order valence-electron chi connectivity index (χ3n) is 2.67. The molecule has 2 nitrogen and oxygen atoms in total. The average Bonchev–Trinajstić information content (AvgIpc) is 2.38. The van der Waals surface area contributed by atoms with Gasteiger partial charge in [-0.1, -0.05) is 6.42 Å². The topological polar surface area (TPSA) is 12.5 Å². The molecule has 1 aliphatic rings. The maximum absolute atomic E-state index is 5.61. The third kappa shape index (κ3) is 5.23. The van der Waals surface area contributed by atoms with Gasteiger partial charge >= 0.3 is 0 Å². The molecule has 3 heteroatoms. The van der Waals surface area contributed by atoms with Crippen molar-refractivity contribution in [1.29, 1.82) is 0 Å². The molecular formula is C11H23NOS. The highest BCUT2D eigenvalue weighted by Crippen LogP contribution is 2.07. The number of rotatable bonds is 5. The molecule has 0 bridgehead atoms. The maximum atomic E-state index is 5.61. The van der Waals surface area contributed by atoms with Crippen LogP contribution < -0.4 is 0 Å². The van der Waals surface area contributed by atoms with E-state index < -0.39 is 0 Å². The Bertz CT molecular complexity index is 143. The molecule has 1 aliphatic heterocycles. The quantitative estimate of drug-likeness (QED) is 0.560. The van der Waals surface area contributed by atoms with Crippen molar-refractivity contribution in [3.05, 3.63) is 0 Å². The van der Waals surface area contributed by atoms with Gasteiger partial charge in [-0.15, -0.1) is 0 Å². The molecule has 1 unspecified atom stereocenters. The summed E-state index contributed by atoms with van der Waals surface area (Å²) in [5, 5.41) is 0. The Morgan fingerprint density at radius 3 is 3.00 bits per heavy atom. The van der Waals surface area contributed by atoms with Crippen LogP contribution in [0, 0.1) is 0 Å². The lowest BCUT2D eigenvalue weighted by molar-refractivity contribution is 0.0675. The fourth-order valence-electron chi connectivity index (χ4n) is 1.91. The first-order chi connectivity index (χ1) is 6.83. The van der Waals surface area contributed by atoms with Crippen LogP contribution in [0.2, 0.25) is 0 Å². The minimum atomic E-state index is 0.419. The molecule has 1 atom stereocenters. The predicted octanol–water partition coefficient (Wildman–Crippen LogP) is 2.20. The van der Waals surface area contributed by atoms with E-state index in [1.807, 2.05) is 0 Å². The first kappa shape index (κ1) is 12.3. The molecule has 14 heavy (non-hydrogen) atoms. The number of thiol groups is 1. The molecule has 0 aromatic heterocycles. The monoisotopic (exact) mass is 217 g/mol. The molecule has 0 aromatic rings. The summed E-state index contributed by atoms with van der Waals surface area (Å²) < 4.78 is 5.61. The van der Waals surface area contributed by atoms with Crippen LogP contribution in [0.1, 0.15) is 32.6 Å². The van der Waals surface area contributed by atoms with Crippen molar-refractivity contribution in [2.75, 3.05) is 32.0 Å². The van der Waals surface area contributed by atoms with Crippen LogP contribution in [0.5, 0.6) is 0 Å². The van der Waals surface area contributed by atoms with E-state index in [0.717, 1.165) is 18.9 Å². The smallest absolute Gasteiger partial charge is 0.0673 e. The fourth-order valence-corrected chi connectivity index (χ4v) is 2.13. The summed E-state index contributed by atoms with van der Waals surface area (Å²) in [6.07, 6.45) is 5.49. The van der Waals surface area contributed by atoms with Crippen LogP contribution in [0.4, 0.5) is 0 Å². The molecule has 0 radical (unpaired) electrons. The average molecular weight is 217 g/mol. The molecule has 0 N–H and O–H groups in total. The molecule has 0 saturated carbocycles. The Kier molecular flexibility index (Phi) is 6.65. The van der Waals surface area contributed by atoms with Gasteiger partial charge in [0.15, 0.2) is 0 Å². The highest BCUT2D eigenvalue weighted by atomic mass is 32.1. The molecular weight excluding hydrogens is 194 g/mol. The largest absolute Gasteiger partial charge is 0.377 e. The van der Waals surface area contributed by atoms with Gasteiger partial charge in [0.2, 0.25) is 0 Å². The van der Waals surface area contributed by atoms with Crippen LogP contribution in [0.25, 0.3) is 0 Å². The van der Waals surface area contributed by atoms with E-state index in [1.165, 1.54) is 38.8 Å². The zero-order valence-electron chi connectivity index (χ0n) is 9.24. The van der Waals surface area contributed by atoms with Crippen LogP contribution in [0.3, 0.4) is 0 Å². The molecule has 0 amide bonds. The number of hydrogen-bond donors (Lipinski definition) is 1. The second kappa shape index (κ2) is 7.55. The van der Waals surface area contributed by atoms with Crippen molar-refractivity contribution in [2.45, 2.75) is 38.7 Å². The molecule has 1 saturated heterocycles. The summed E-state index contributed by atoms with van der Waals surface area (Å²) in [6.45, 7) is 6.67. The highest BCUT2D eigenvalue weighted by molar-refractivity contribution is 7.80. The molecule has 1 rings (SSSR count).